The minimum atomic E-state index is -4.44. The van der Waals surface area contributed by atoms with Crippen molar-refractivity contribution in [2.75, 3.05) is 18.5 Å². The molecule has 1 aliphatic heterocycles. The Kier molecular flexibility index (Phi) is 4.73. The molecule has 1 atom stereocenters. The minimum absolute atomic E-state index is 0.00748. The summed E-state index contributed by atoms with van der Waals surface area (Å²) in [6.07, 6.45) is -3.08. The Labute approximate surface area is 168 Å². The Bertz CT molecular complexity index is 1050. The van der Waals surface area contributed by atoms with Crippen LogP contribution in [0.5, 0.6) is 11.6 Å². The maximum atomic E-state index is 12.3. The molecule has 0 radical (unpaired) electrons. The third-order valence-corrected chi connectivity index (χ3v) is 4.71. The number of fused-ring (bicyclic) bond motifs is 3. The SMILES string of the molecule is CC1CNc2cc(Cl)c(O)cc2-n2c(-c3ccc(OCC(F)(F)F)nc3)nnc21. The van der Waals surface area contributed by atoms with Crippen molar-refractivity contribution in [3.8, 4) is 28.7 Å². The van der Waals surface area contributed by atoms with E-state index in [1.165, 1.54) is 18.3 Å². The smallest absolute Gasteiger partial charge is 0.422 e. The summed E-state index contributed by atoms with van der Waals surface area (Å²) in [5, 5.41) is 22.1. The second kappa shape index (κ2) is 7.11. The van der Waals surface area contributed by atoms with Crippen LogP contribution in [0, 0.1) is 0 Å². The number of nitrogens with one attached hydrogen (secondary N) is 1. The van der Waals surface area contributed by atoms with E-state index in [0.29, 0.717) is 35.1 Å². The summed E-state index contributed by atoms with van der Waals surface area (Å²) in [7, 11) is 0. The van der Waals surface area contributed by atoms with E-state index in [4.69, 9.17) is 11.6 Å². The molecule has 1 unspecified atom stereocenters. The van der Waals surface area contributed by atoms with E-state index < -0.39 is 12.8 Å². The first-order valence-corrected chi connectivity index (χ1v) is 8.99. The first-order chi connectivity index (χ1) is 13.7. The van der Waals surface area contributed by atoms with Crippen molar-refractivity contribution in [1.29, 1.82) is 0 Å². The number of rotatable bonds is 3. The average molecular weight is 426 g/mol. The molecule has 152 valence electrons. The third-order valence-electron chi connectivity index (χ3n) is 4.41. The van der Waals surface area contributed by atoms with Crippen molar-refractivity contribution in [2.24, 2.45) is 0 Å². The van der Waals surface area contributed by atoms with Crippen LogP contribution in [0.1, 0.15) is 18.7 Å². The van der Waals surface area contributed by atoms with Gasteiger partial charge in [0.1, 0.15) is 11.6 Å². The molecule has 11 heteroatoms. The van der Waals surface area contributed by atoms with Crippen molar-refractivity contribution in [3.63, 3.8) is 0 Å². The van der Waals surface area contributed by atoms with E-state index in [0.717, 1.165) is 0 Å². The molecule has 0 saturated carbocycles. The monoisotopic (exact) mass is 425 g/mol. The fourth-order valence-corrected chi connectivity index (χ4v) is 3.19. The number of benzene rings is 1. The van der Waals surface area contributed by atoms with Gasteiger partial charge in [-0.2, -0.15) is 13.2 Å². The van der Waals surface area contributed by atoms with Gasteiger partial charge in [-0.1, -0.05) is 18.5 Å². The molecule has 3 heterocycles. The third kappa shape index (κ3) is 3.80. The predicted octanol–water partition coefficient (Wildman–Crippen LogP) is 4.16. The first-order valence-electron chi connectivity index (χ1n) is 8.61. The second-order valence-corrected chi connectivity index (χ2v) is 7.02. The highest BCUT2D eigenvalue weighted by Crippen LogP contribution is 2.38. The Balaban J connectivity index is 1.75. The van der Waals surface area contributed by atoms with Crippen molar-refractivity contribution in [3.05, 3.63) is 41.3 Å². The highest BCUT2D eigenvalue weighted by molar-refractivity contribution is 6.32. The van der Waals surface area contributed by atoms with Crippen molar-refractivity contribution in [2.45, 2.75) is 19.0 Å². The van der Waals surface area contributed by atoms with E-state index in [2.05, 4.69) is 25.2 Å². The van der Waals surface area contributed by atoms with Gasteiger partial charge in [0.05, 0.1) is 16.4 Å². The van der Waals surface area contributed by atoms with Gasteiger partial charge in [-0.15, -0.1) is 10.2 Å². The number of aromatic nitrogens is 4. The fourth-order valence-electron chi connectivity index (χ4n) is 3.03. The lowest BCUT2D eigenvalue weighted by molar-refractivity contribution is -0.154. The van der Waals surface area contributed by atoms with Crippen LogP contribution in [-0.4, -0.2) is 44.2 Å². The number of anilines is 1. The molecule has 4 rings (SSSR count). The van der Waals surface area contributed by atoms with Gasteiger partial charge in [-0.25, -0.2) is 4.98 Å². The first kappa shape index (κ1) is 19.3. The molecule has 7 nitrogen and oxygen atoms in total. The topological polar surface area (TPSA) is 85.1 Å². The molecule has 0 fully saturated rings. The number of halogens is 4. The van der Waals surface area contributed by atoms with E-state index in [-0.39, 0.29) is 22.6 Å². The van der Waals surface area contributed by atoms with Crippen LogP contribution >= 0.6 is 11.6 Å². The average Bonchev–Trinajstić information content (AvgIpc) is 3.06. The maximum absolute atomic E-state index is 12.3. The maximum Gasteiger partial charge on any atom is 0.422 e. The van der Waals surface area contributed by atoms with E-state index in [1.54, 1.807) is 16.7 Å². The molecule has 1 aliphatic rings. The lowest BCUT2D eigenvalue weighted by Crippen LogP contribution is -2.19. The van der Waals surface area contributed by atoms with Crippen LogP contribution in [0.4, 0.5) is 18.9 Å². The molecule has 3 aromatic rings. The van der Waals surface area contributed by atoms with Crippen molar-refractivity contribution >= 4 is 17.3 Å². The standard InChI is InChI=1S/C18H15ClF3N5O2/c1-9-6-23-12-4-11(19)14(28)5-13(12)27-16(9)25-26-17(27)10-2-3-15(24-7-10)29-8-18(20,21)22/h2-5,7,9,23,28H,6,8H2,1H3. The number of phenols is 1. The van der Waals surface area contributed by atoms with Crippen molar-refractivity contribution in [1.82, 2.24) is 19.7 Å². The number of aromatic hydroxyl groups is 1. The molecular weight excluding hydrogens is 411 g/mol. The summed E-state index contributed by atoms with van der Waals surface area (Å²) in [6, 6.07) is 6.01. The highest BCUT2D eigenvalue weighted by atomic mass is 35.5. The van der Waals surface area contributed by atoms with Crippen molar-refractivity contribution < 1.29 is 23.0 Å². The zero-order valence-electron chi connectivity index (χ0n) is 15.0. The van der Waals surface area contributed by atoms with Crippen LogP contribution in [0.25, 0.3) is 17.1 Å². The van der Waals surface area contributed by atoms with Crippen LogP contribution in [0.15, 0.2) is 30.5 Å². The Morgan fingerprint density at radius 1 is 1.31 bits per heavy atom. The van der Waals surface area contributed by atoms with E-state index in [9.17, 15) is 18.3 Å². The molecule has 1 aromatic carbocycles. The lowest BCUT2D eigenvalue weighted by Gasteiger charge is -2.13. The molecule has 0 aliphatic carbocycles. The predicted molar refractivity (Wildman–Crippen MR) is 99.7 cm³/mol. The summed E-state index contributed by atoms with van der Waals surface area (Å²) < 4.78 is 43.3. The molecule has 0 saturated heterocycles. The van der Waals surface area contributed by atoms with Crippen LogP contribution < -0.4 is 10.1 Å². The zero-order valence-corrected chi connectivity index (χ0v) is 15.8. The number of pyridine rings is 1. The minimum Gasteiger partial charge on any atom is -0.506 e. The summed E-state index contributed by atoms with van der Waals surface area (Å²) in [4.78, 5) is 3.93. The number of nitrogens with zero attached hydrogens (tertiary/aromatic N) is 4. The number of hydrogen-bond acceptors (Lipinski definition) is 6. The Morgan fingerprint density at radius 2 is 2.10 bits per heavy atom. The Morgan fingerprint density at radius 3 is 2.79 bits per heavy atom. The normalized spacial score (nSPS) is 15.8. The van der Waals surface area contributed by atoms with Gasteiger partial charge in [0.25, 0.3) is 0 Å². The second-order valence-electron chi connectivity index (χ2n) is 6.61. The molecular formula is C18H15ClF3N5O2. The summed E-state index contributed by atoms with van der Waals surface area (Å²) >= 11 is 6.04. The molecule has 29 heavy (non-hydrogen) atoms. The number of alkyl halides is 3. The quantitative estimate of drug-likeness (QED) is 0.613. The van der Waals surface area contributed by atoms with Crippen LogP contribution in [0.2, 0.25) is 5.02 Å². The van der Waals surface area contributed by atoms with Crippen LogP contribution in [0.3, 0.4) is 0 Å². The number of hydrogen-bond donors (Lipinski definition) is 2. The van der Waals surface area contributed by atoms with E-state index >= 15 is 0 Å². The number of ether oxygens (including phenoxy) is 1. The van der Waals surface area contributed by atoms with E-state index in [1.807, 2.05) is 6.92 Å². The molecule has 0 spiro atoms. The molecule has 2 N–H and O–H groups in total. The fraction of sp³-hybridized carbons (Fsp3) is 0.278. The molecule has 0 bridgehead atoms. The lowest BCUT2D eigenvalue weighted by atomic mass is 10.1. The molecule has 0 amide bonds. The largest absolute Gasteiger partial charge is 0.506 e. The van der Waals surface area contributed by atoms with Gasteiger partial charge in [0.15, 0.2) is 12.4 Å². The Hall–Kier alpha value is -3.01. The van der Waals surface area contributed by atoms with Gasteiger partial charge in [0, 0.05) is 36.4 Å². The summed E-state index contributed by atoms with van der Waals surface area (Å²) in [5.74, 6) is 0.827. The van der Waals surface area contributed by atoms with Gasteiger partial charge in [-0.05, 0) is 12.1 Å². The van der Waals surface area contributed by atoms with Gasteiger partial charge in [0.2, 0.25) is 5.88 Å². The van der Waals surface area contributed by atoms with Crippen LogP contribution in [-0.2, 0) is 0 Å². The summed E-state index contributed by atoms with van der Waals surface area (Å²) in [6.45, 7) is 1.13. The van der Waals surface area contributed by atoms with Gasteiger partial charge >= 0.3 is 6.18 Å². The summed E-state index contributed by atoms with van der Waals surface area (Å²) in [5.41, 5.74) is 1.82. The number of phenolic OH excluding ortho intramolecular Hbond substituents is 1. The zero-order chi connectivity index (χ0) is 20.8. The van der Waals surface area contributed by atoms with Gasteiger partial charge < -0.3 is 15.2 Å². The highest BCUT2D eigenvalue weighted by Gasteiger charge is 2.29. The molecule has 2 aromatic heterocycles. The van der Waals surface area contributed by atoms with Gasteiger partial charge in [-0.3, -0.25) is 4.57 Å².